The second kappa shape index (κ2) is 7.33. The van der Waals surface area contributed by atoms with Crippen LogP contribution in [0.4, 0.5) is 11.4 Å². The number of anilines is 1. The van der Waals surface area contributed by atoms with E-state index in [1.807, 2.05) is 12.1 Å². The number of nitro groups is 1. The minimum absolute atomic E-state index is 0.0681. The summed E-state index contributed by atoms with van der Waals surface area (Å²) in [5.41, 5.74) is 0.931. The van der Waals surface area contributed by atoms with E-state index in [1.165, 1.54) is 30.3 Å². The van der Waals surface area contributed by atoms with Gasteiger partial charge in [0.05, 0.1) is 4.92 Å². The number of nitriles is 1. The van der Waals surface area contributed by atoms with Gasteiger partial charge < -0.3 is 5.32 Å². The molecule has 2 aromatic carbocycles. The van der Waals surface area contributed by atoms with E-state index in [0.29, 0.717) is 11.3 Å². The number of amides is 1. The van der Waals surface area contributed by atoms with Gasteiger partial charge in [-0.05, 0) is 35.9 Å². The number of nitrogens with zero attached hydrogens (tertiary/aromatic N) is 2. The van der Waals surface area contributed by atoms with Crippen LogP contribution < -0.4 is 5.32 Å². The third-order valence-electron chi connectivity index (χ3n) is 2.86. The Labute approximate surface area is 140 Å². The Kier molecular flexibility index (Phi) is 5.23. The van der Waals surface area contributed by atoms with Gasteiger partial charge in [0.1, 0.15) is 11.6 Å². The number of carbonyl (C=O) groups excluding carboxylic acids is 1. The van der Waals surface area contributed by atoms with Crippen LogP contribution in [0.1, 0.15) is 5.56 Å². The molecule has 1 amide bonds. The number of carbonyl (C=O) groups is 1. The molecule has 0 saturated heterocycles. The van der Waals surface area contributed by atoms with Crippen molar-refractivity contribution in [3.05, 3.63) is 74.3 Å². The first-order valence-electron chi connectivity index (χ1n) is 6.43. The number of non-ortho nitro benzene ring substituents is 1. The van der Waals surface area contributed by atoms with E-state index in [9.17, 15) is 14.9 Å². The molecule has 0 fully saturated rings. The van der Waals surface area contributed by atoms with Crippen molar-refractivity contribution in [1.82, 2.24) is 0 Å². The Morgan fingerprint density at radius 1 is 1.26 bits per heavy atom. The number of benzene rings is 2. The van der Waals surface area contributed by atoms with Crippen molar-refractivity contribution in [2.24, 2.45) is 0 Å². The standard InChI is InChI=1S/C16H10BrN3O3/c17-13-3-1-2-11(9-13)8-12(10-18)16(21)19-14-4-6-15(7-5-14)20(22)23/h1-9H,(H,19,21)/b12-8+. The lowest BCUT2D eigenvalue weighted by Gasteiger charge is -2.04. The van der Waals surface area contributed by atoms with Crippen LogP contribution in [-0.2, 0) is 4.79 Å². The molecule has 114 valence electrons. The van der Waals surface area contributed by atoms with Gasteiger partial charge in [-0.3, -0.25) is 14.9 Å². The number of nitrogens with one attached hydrogen (secondary N) is 1. The van der Waals surface area contributed by atoms with Crippen LogP contribution in [0.25, 0.3) is 6.08 Å². The minimum atomic E-state index is -0.582. The smallest absolute Gasteiger partial charge is 0.269 e. The van der Waals surface area contributed by atoms with Crippen molar-refractivity contribution in [3.8, 4) is 6.07 Å². The lowest BCUT2D eigenvalue weighted by atomic mass is 10.1. The first-order chi connectivity index (χ1) is 11.0. The molecular formula is C16H10BrN3O3. The highest BCUT2D eigenvalue weighted by Gasteiger charge is 2.11. The van der Waals surface area contributed by atoms with Crippen molar-refractivity contribution < 1.29 is 9.72 Å². The Hall–Kier alpha value is -2.98. The fourth-order valence-corrected chi connectivity index (χ4v) is 2.19. The summed E-state index contributed by atoms with van der Waals surface area (Å²) in [5.74, 6) is -0.582. The van der Waals surface area contributed by atoms with E-state index in [4.69, 9.17) is 5.26 Å². The highest BCUT2D eigenvalue weighted by atomic mass is 79.9. The van der Waals surface area contributed by atoms with Crippen molar-refractivity contribution in [1.29, 1.82) is 5.26 Å². The van der Waals surface area contributed by atoms with Gasteiger partial charge in [-0.1, -0.05) is 28.1 Å². The molecule has 0 aliphatic carbocycles. The van der Waals surface area contributed by atoms with E-state index in [-0.39, 0.29) is 11.3 Å². The normalized spacial score (nSPS) is 10.7. The van der Waals surface area contributed by atoms with E-state index in [0.717, 1.165) is 4.47 Å². The van der Waals surface area contributed by atoms with Crippen molar-refractivity contribution >= 4 is 39.3 Å². The van der Waals surface area contributed by atoms with Gasteiger partial charge in [-0.15, -0.1) is 0 Å². The van der Waals surface area contributed by atoms with E-state index >= 15 is 0 Å². The molecule has 0 radical (unpaired) electrons. The van der Waals surface area contributed by atoms with Crippen LogP contribution in [0.3, 0.4) is 0 Å². The van der Waals surface area contributed by atoms with Gasteiger partial charge in [0.2, 0.25) is 0 Å². The molecule has 0 aromatic heterocycles. The molecule has 6 nitrogen and oxygen atoms in total. The molecule has 0 aliphatic heterocycles. The van der Waals surface area contributed by atoms with Gasteiger partial charge in [0.25, 0.3) is 11.6 Å². The van der Waals surface area contributed by atoms with Crippen LogP contribution in [0.15, 0.2) is 58.6 Å². The zero-order chi connectivity index (χ0) is 16.8. The maximum absolute atomic E-state index is 12.1. The average Bonchev–Trinajstić information content (AvgIpc) is 2.53. The maximum Gasteiger partial charge on any atom is 0.269 e. The molecule has 23 heavy (non-hydrogen) atoms. The van der Waals surface area contributed by atoms with Crippen LogP contribution >= 0.6 is 15.9 Å². The predicted molar refractivity (Wildman–Crippen MR) is 89.5 cm³/mol. The van der Waals surface area contributed by atoms with Crippen molar-refractivity contribution in [2.45, 2.75) is 0 Å². The summed E-state index contributed by atoms with van der Waals surface area (Å²) in [5, 5.41) is 22.3. The average molecular weight is 372 g/mol. The molecule has 0 spiro atoms. The lowest BCUT2D eigenvalue weighted by Crippen LogP contribution is -2.13. The summed E-state index contributed by atoms with van der Waals surface area (Å²) >= 11 is 3.32. The first-order valence-corrected chi connectivity index (χ1v) is 7.22. The van der Waals surface area contributed by atoms with E-state index in [1.54, 1.807) is 18.2 Å². The highest BCUT2D eigenvalue weighted by molar-refractivity contribution is 9.10. The second-order valence-electron chi connectivity index (χ2n) is 4.48. The van der Waals surface area contributed by atoms with Crippen LogP contribution in [0.2, 0.25) is 0 Å². The Balaban J connectivity index is 2.17. The molecular weight excluding hydrogens is 362 g/mol. The molecule has 2 aromatic rings. The molecule has 0 bridgehead atoms. The molecule has 1 N–H and O–H groups in total. The summed E-state index contributed by atoms with van der Waals surface area (Å²) in [6.45, 7) is 0. The lowest BCUT2D eigenvalue weighted by molar-refractivity contribution is -0.384. The quantitative estimate of drug-likeness (QED) is 0.381. The molecule has 0 heterocycles. The van der Waals surface area contributed by atoms with Gasteiger partial charge in [-0.25, -0.2) is 0 Å². The fraction of sp³-hybridized carbons (Fsp3) is 0. The highest BCUT2D eigenvalue weighted by Crippen LogP contribution is 2.17. The number of hydrogen-bond donors (Lipinski definition) is 1. The summed E-state index contributed by atoms with van der Waals surface area (Å²) in [6, 6.07) is 14.4. The largest absolute Gasteiger partial charge is 0.321 e. The number of hydrogen-bond acceptors (Lipinski definition) is 4. The van der Waals surface area contributed by atoms with Crippen LogP contribution in [-0.4, -0.2) is 10.8 Å². The number of halogens is 1. The van der Waals surface area contributed by atoms with Gasteiger partial charge >= 0.3 is 0 Å². The van der Waals surface area contributed by atoms with Gasteiger partial charge in [-0.2, -0.15) is 5.26 Å². The van der Waals surface area contributed by atoms with Crippen molar-refractivity contribution in [2.75, 3.05) is 5.32 Å². The van der Waals surface area contributed by atoms with Crippen LogP contribution in [0, 0.1) is 21.4 Å². The summed E-state index contributed by atoms with van der Waals surface area (Å²) in [4.78, 5) is 22.2. The summed E-state index contributed by atoms with van der Waals surface area (Å²) in [6.07, 6.45) is 1.46. The molecule has 0 unspecified atom stereocenters. The fourth-order valence-electron chi connectivity index (χ4n) is 1.78. The summed E-state index contributed by atoms with van der Waals surface area (Å²) < 4.78 is 0.833. The first kappa shape index (κ1) is 16.4. The summed E-state index contributed by atoms with van der Waals surface area (Å²) in [7, 11) is 0. The zero-order valence-electron chi connectivity index (χ0n) is 11.7. The monoisotopic (exact) mass is 371 g/mol. The van der Waals surface area contributed by atoms with E-state index < -0.39 is 10.8 Å². The number of nitro benzene ring substituents is 1. The third kappa shape index (κ3) is 4.49. The molecule has 0 saturated carbocycles. The number of rotatable bonds is 4. The Bertz CT molecular complexity index is 823. The minimum Gasteiger partial charge on any atom is -0.321 e. The molecule has 7 heteroatoms. The third-order valence-corrected chi connectivity index (χ3v) is 3.35. The van der Waals surface area contributed by atoms with Gasteiger partial charge in [0.15, 0.2) is 0 Å². The topological polar surface area (TPSA) is 96.0 Å². The second-order valence-corrected chi connectivity index (χ2v) is 5.40. The Morgan fingerprint density at radius 3 is 2.52 bits per heavy atom. The van der Waals surface area contributed by atoms with Crippen molar-refractivity contribution in [3.63, 3.8) is 0 Å². The maximum atomic E-state index is 12.1. The van der Waals surface area contributed by atoms with Gasteiger partial charge in [0, 0.05) is 22.3 Å². The van der Waals surface area contributed by atoms with E-state index in [2.05, 4.69) is 21.2 Å². The zero-order valence-corrected chi connectivity index (χ0v) is 13.3. The van der Waals surface area contributed by atoms with Crippen LogP contribution in [0.5, 0.6) is 0 Å². The Morgan fingerprint density at radius 2 is 1.96 bits per heavy atom. The molecule has 2 rings (SSSR count). The SMILES string of the molecule is N#C/C(=C\c1cccc(Br)c1)C(=O)Nc1ccc([N+](=O)[O-])cc1. The molecule has 0 aliphatic rings. The molecule has 0 atom stereocenters. The predicted octanol–water partition coefficient (Wildman–Crippen LogP) is 3.90.